The maximum Gasteiger partial charge on any atom is 0.336 e. The van der Waals surface area contributed by atoms with Gasteiger partial charge in [0.25, 0.3) is 0 Å². The van der Waals surface area contributed by atoms with E-state index in [4.69, 9.17) is 14.2 Å². The summed E-state index contributed by atoms with van der Waals surface area (Å²) >= 11 is 0. The quantitative estimate of drug-likeness (QED) is 0.493. The Bertz CT molecular complexity index is 662. The summed E-state index contributed by atoms with van der Waals surface area (Å²) < 4.78 is 16.1. The fraction of sp³-hybridized carbons (Fsp3) is 0.118. The van der Waals surface area contributed by atoms with Crippen molar-refractivity contribution in [1.82, 2.24) is 0 Å². The van der Waals surface area contributed by atoms with Crippen molar-refractivity contribution in [3.63, 3.8) is 0 Å². The lowest BCUT2D eigenvalue weighted by Crippen LogP contribution is -2.15. The lowest BCUT2D eigenvalue weighted by molar-refractivity contribution is -0.128. The molecule has 0 unspecified atom stereocenters. The van der Waals surface area contributed by atoms with E-state index in [2.05, 4.69) is 0 Å². The normalized spacial score (nSPS) is 13.1. The van der Waals surface area contributed by atoms with Crippen LogP contribution in [0.2, 0.25) is 0 Å². The smallest absolute Gasteiger partial charge is 0.336 e. The summed E-state index contributed by atoms with van der Waals surface area (Å²) in [4.78, 5) is 11.8. The van der Waals surface area contributed by atoms with Crippen LogP contribution in [0.1, 0.15) is 5.56 Å². The van der Waals surface area contributed by atoms with Crippen molar-refractivity contribution in [3.8, 4) is 17.2 Å². The van der Waals surface area contributed by atoms with Gasteiger partial charge in [-0.15, -0.1) is 0 Å². The van der Waals surface area contributed by atoms with E-state index in [1.807, 2.05) is 30.3 Å². The molecule has 4 heteroatoms. The second-order valence-electron chi connectivity index (χ2n) is 4.47. The number of hydrogen-bond acceptors (Lipinski definition) is 4. The van der Waals surface area contributed by atoms with E-state index in [1.165, 1.54) is 6.08 Å². The Morgan fingerprint density at radius 2 is 1.76 bits per heavy atom. The van der Waals surface area contributed by atoms with E-state index >= 15 is 0 Å². The second kappa shape index (κ2) is 6.13. The average Bonchev–Trinajstić information content (AvgIpc) is 2.54. The molecule has 0 saturated heterocycles. The van der Waals surface area contributed by atoms with Gasteiger partial charge in [0.2, 0.25) is 0 Å². The molecule has 0 spiro atoms. The van der Waals surface area contributed by atoms with Gasteiger partial charge in [-0.2, -0.15) is 0 Å². The summed E-state index contributed by atoms with van der Waals surface area (Å²) in [5, 5.41) is 0. The summed E-state index contributed by atoms with van der Waals surface area (Å²) in [7, 11) is 0. The van der Waals surface area contributed by atoms with Gasteiger partial charge in [-0.05, 0) is 23.8 Å². The molecule has 1 aliphatic heterocycles. The molecule has 2 aromatic carbocycles. The zero-order valence-corrected chi connectivity index (χ0v) is 11.3. The molecule has 0 bridgehead atoms. The standard InChI is InChI=1S/C17H14O4/c18-17(9-6-13-4-2-1-3-5-13)21-14-7-8-15-16(12-14)20-11-10-19-15/h1-9,12H,10-11H2/b9-6+. The van der Waals surface area contributed by atoms with E-state index in [1.54, 1.807) is 24.3 Å². The van der Waals surface area contributed by atoms with Gasteiger partial charge in [-0.25, -0.2) is 4.79 Å². The number of rotatable bonds is 3. The van der Waals surface area contributed by atoms with Crippen molar-refractivity contribution in [2.24, 2.45) is 0 Å². The largest absolute Gasteiger partial charge is 0.486 e. The van der Waals surface area contributed by atoms with Gasteiger partial charge in [0.15, 0.2) is 11.5 Å². The summed E-state index contributed by atoms with van der Waals surface area (Å²) in [6.45, 7) is 1.03. The molecule has 3 rings (SSSR count). The number of carbonyl (C=O) groups excluding carboxylic acids is 1. The molecule has 0 N–H and O–H groups in total. The second-order valence-corrected chi connectivity index (χ2v) is 4.47. The summed E-state index contributed by atoms with van der Waals surface area (Å²) in [6, 6.07) is 14.6. The van der Waals surface area contributed by atoms with Crippen LogP contribution in [-0.4, -0.2) is 19.2 Å². The Kier molecular flexibility index (Phi) is 3.87. The molecule has 0 aromatic heterocycles. The van der Waals surface area contributed by atoms with E-state index in [0.29, 0.717) is 30.5 Å². The highest BCUT2D eigenvalue weighted by atomic mass is 16.6. The predicted octanol–water partition coefficient (Wildman–Crippen LogP) is 3.08. The van der Waals surface area contributed by atoms with Gasteiger partial charge in [-0.1, -0.05) is 30.3 Å². The highest BCUT2D eigenvalue weighted by molar-refractivity contribution is 5.88. The number of carbonyl (C=O) groups is 1. The monoisotopic (exact) mass is 282 g/mol. The Morgan fingerprint density at radius 3 is 2.57 bits per heavy atom. The van der Waals surface area contributed by atoms with Crippen LogP contribution >= 0.6 is 0 Å². The third-order valence-electron chi connectivity index (χ3n) is 2.94. The molecular formula is C17H14O4. The number of esters is 1. The molecule has 0 radical (unpaired) electrons. The first kappa shape index (κ1) is 13.2. The van der Waals surface area contributed by atoms with Crippen molar-refractivity contribution >= 4 is 12.0 Å². The van der Waals surface area contributed by atoms with Crippen molar-refractivity contribution < 1.29 is 19.0 Å². The summed E-state index contributed by atoms with van der Waals surface area (Å²) in [5.74, 6) is 1.26. The van der Waals surface area contributed by atoms with Crippen LogP contribution in [0.3, 0.4) is 0 Å². The minimum Gasteiger partial charge on any atom is -0.486 e. The number of ether oxygens (including phenoxy) is 3. The van der Waals surface area contributed by atoms with Gasteiger partial charge >= 0.3 is 5.97 Å². The molecule has 4 nitrogen and oxygen atoms in total. The summed E-state index contributed by atoms with van der Waals surface area (Å²) in [5.41, 5.74) is 0.941. The first-order valence-corrected chi connectivity index (χ1v) is 6.66. The van der Waals surface area contributed by atoms with Gasteiger partial charge in [-0.3, -0.25) is 0 Å². The number of hydrogen-bond donors (Lipinski definition) is 0. The molecule has 1 aliphatic rings. The Balaban J connectivity index is 1.66. The predicted molar refractivity (Wildman–Crippen MR) is 78.5 cm³/mol. The van der Waals surface area contributed by atoms with E-state index < -0.39 is 5.97 Å². The molecule has 2 aromatic rings. The number of benzene rings is 2. The zero-order valence-electron chi connectivity index (χ0n) is 11.3. The Labute approximate surface area is 122 Å². The van der Waals surface area contributed by atoms with Crippen LogP contribution in [0.5, 0.6) is 17.2 Å². The fourth-order valence-electron chi connectivity index (χ4n) is 1.97. The van der Waals surface area contributed by atoms with Crippen LogP contribution in [0, 0.1) is 0 Å². The van der Waals surface area contributed by atoms with Crippen molar-refractivity contribution in [2.75, 3.05) is 13.2 Å². The van der Waals surface area contributed by atoms with Crippen LogP contribution < -0.4 is 14.2 Å². The van der Waals surface area contributed by atoms with Crippen LogP contribution in [0.25, 0.3) is 6.08 Å². The third kappa shape index (κ3) is 3.42. The first-order chi connectivity index (χ1) is 10.3. The zero-order chi connectivity index (χ0) is 14.5. The molecule has 21 heavy (non-hydrogen) atoms. The minimum atomic E-state index is -0.435. The molecule has 106 valence electrons. The maximum atomic E-state index is 11.8. The highest BCUT2D eigenvalue weighted by Crippen LogP contribution is 2.33. The SMILES string of the molecule is O=C(/C=C/c1ccccc1)Oc1ccc2c(c1)OCCO2. The molecule has 0 atom stereocenters. The van der Waals surface area contributed by atoms with Gasteiger partial charge < -0.3 is 14.2 Å². The lowest BCUT2D eigenvalue weighted by atomic mass is 10.2. The van der Waals surface area contributed by atoms with Crippen LogP contribution in [0.15, 0.2) is 54.6 Å². The average molecular weight is 282 g/mol. The van der Waals surface area contributed by atoms with Gasteiger partial charge in [0.1, 0.15) is 19.0 Å². The molecule has 0 saturated carbocycles. The van der Waals surface area contributed by atoms with Gasteiger partial charge in [0.05, 0.1) is 0 Å². The van der Waals surface area contributed by atoms with E-state index in [9.17, 15) is 4.79 Å². The molecule has 0 aliphatic carbocycles. The minimum absolute atomic E-state index is 0.432. The molecule has 0 amide bonds. The van der Waals surface area contributed by atoms with Crippen molar-refractivity contribution in [3.05, 3.63) is 60.2 Å². The molecule has 0 fully saturated rings. The Hall–Kier alpha value is -2.75. The van der Waals surface area contributed by atoms with Crippen LogP contribution in [-0.2, 0) is 4.79 Å². The third-order valence-corrected chi connectivity index (χ3v) is 2.94. The number of fused-ring (bicyclic) bond motifs is 1. The molecular weight excluding hydrogens is 268 g/mol. The van der Waals surface area contributed by atoms with Crippen molar-refractivity contribution in [1.29, 1.82) is 0 Å². The molecule has 1 heterocycles. The van der Waals surface area contributed by atoms with Crippen molar-refractivity contribution in [2.45, 2.75) is 0 Å². The summed E-state index contributed by atoms with van der Waals surface area (Å²) in [6.07, 6.45) is 3.10. The fourth-order valence-corrected chi connectivity index (χ4v) is 1.97. The lowest BCUT2D eigenvalue weighted by Gasteiger charge is -2.18. The van der Waals surface area contributed by atoms with E-state index in [0.717, 1.165) is 5.56 Å². The van der Waals surface area contributed by atoms with Gasteiger partial charge in [0, 0.05) is 12.1 Å². The van der Waals surface area contributed by atoms with Crippen LogP contribution in [0.4, 0.5) is 0 Å². The maximum absolute atomic E-state index is 11.8. The first-order valence-electron chi connectivity index (χ1n) is 6.66. The highest BCUT2D eigenvalue weighted by Gasteiger charge is 2.13. The topological polar surface area (TPSA) is 44.8 Å². The van der Waals surface area contributed by atoms with E-state index in [-0.39, 0.29) is 0 Å². The Morgan fingerprint density at radius 1 is 1.00 bits per heavy atom.